The highest BCUT2D eigenvalue weighted by Gasteiger charge is 2.21. The van der Waals surface area contributed by atoms with E-state index in [1.165, 1.54) is 36.8 Å². The van der Waals surface area contributed by atoms with Crippen LogP contribution in [0.4, 0.5) is 0 Å². The first-order valence-corrected chi connectivity index (χ1v) is 8.16. The van der Waals surface area contributed by atoms with Gasteiger partial charge in [0, 0.05) is 30.7 Å². The number of nitrogens with one attached hydrogen (secondary N) is 1. The van der Waals surface area contributed by atoms with Gasteiger partial charge in [0.15, 0.2) is 0 Å². The number of hydrogen-bond acceptors (Lipinski definition) is 3. The van der Waals surface area contributed by atoms with Crippen LogP contribution in [0, 0.1) is 0 Å². The van der Waals surface area contributed by atoms with Gasteiger partial charge in [-0.15, -0.1) is 0 Å². The van der Waals surface area contributed by atoms with Crippen molar-refractivity contribution in [1.29, 1.82) is 0 Å². The average Bonchev–Trinajstić information content (AvgIpc) is 2.55. The zero-order chi connectivity index (χ0) is 14.5. The Bertz CT molecular complexity index is 570. The van der Waals surface area contributed by atoms with Gasteiger partial charge in [0.2, 0.25) is 0 Å². The minimum Gasteiger partial charge on any atom is -0.315 e. The van der Waals surface area contributed by atoms with Crippen molar-refractivity contribution in [1.82, 2.24) is 15.2 Å². The molecule has 21 heavy (non-hydrogen) atoms. The summed E-state index contributed by atoms with van der Waals surface area (Å²) in [4.78, 5) is 7.23. The Kier molecular flexibility index (Phi) is 4.84. The molecule has 1 aliphatic heterocycles. The summed E-state index contributed by atoms with van der Waals surface area (Å²) in [7, 11) is 0. The number of piperidine rings is 1. The van der Waals surface area contributed by atoms with Crippen LogP contribution in [0.3, 0.4) is 0 Å². The topological polar surface area (TPSA) is 28.2 Å². The quantitative estimate of drug-likeness (QED) is 0.913. The van der Waals surface area contributed by atoms with Crippen LogP contribution in [0.25, 0.3) is 10.9 Å². The van der Waals surface area contributed by atoms with Crippen LogP contribution in [-0.2, 0) is 6.54 Å². The second kappa shape index (κ2) is 7.01. The van der Waals surface area contributed by atoms with E-state index in [4.69, 9.17) is 0 Å². The van der Waals surface area contributed by atoms with Gasteiger partial charge < -0.3 is 5.32 Å². The van der Waals surface area contributed by atoms with Gasteiger partial charge in [-0.25, -0.2) is 0 Å². The summed E-state index contributed by atoms with van der Waals surface area (Å²) < 4.78 is 0. The zero-order valence-corrected chi connectivity index (χ0v) is 12.9. The van der Waals surface area contributed by atoms with E-state index in [0.29, 0.717) is 6.04 Å². The van der Waals surface area contributed by atoms with Gasteiger partial charge in [-0.3, -0.25) is 9.88 Å². The van der Waals surface area contributed by atoms with E-state index in [1.54, 1.807) is 0 Å². The molecule has 2 aromatic rings. The van der Waals surface area contributed by atoms with Gasteiger partial charge in [0.25, 0.3) is 0 Å². The largest absolute Gasteiger partial charge is 0.315 e. The van der Waals surface area contributed by atoms with Gasteiger partial charge in [-0.1, -0.05) is 31.2 Å². The van der Waals surface area contributed by atoms with Crippen LogP contribution >= 0.6 is 0 Å². The summed E-state index contributed by atoms with van der Waals surface area (Å²) in [6, 6.07) is 11.4. The first-order chi connectivity index (χ1) is 10.4. The minimum absolute atomic E-state index is 0.665. The Labute approximate surface area is 127 Å². The average molecular weight is 283 g/mol. The molecule has 1 N–H and O–H groups in total. The lowest BCUT2D eigenvalue weighted by Crippen LogP contribution is -2.45. The third-order valence-corrected chi connectivity index (χ3v) is 4.39. The smallest absolute Gasteiger partial charge is 0.0746 e. The number of aromatic nitrogens is 1. The van der Waals surface area contributed by atoms with Crippen LogP contribution < -0.4 is 5.32 Å². The second-order valence-corrected chi connectivity index (χ2v) is 5.96. The molecule has 1 aromatic heterocycles. The molecule has 1 aromatic carbocycles. The molecule has 1 unspecified atom stereocenters. The Morgan fingerprint density at radius 1 is 1.29 bits per heavy atom. The van der Waals surface area contributed by atoms with E-state index < -0.39 is 0 Å². The van der Waals surface area contributed by atoms with E-state index in [1.807, 2.05) is 12.3 Å². The van der Waals surface area contributed by atoms with Crippen molar-refractivity contribution in [2.75, 3.05) is 19.6 Å². The van der Waals surface area contributed by atoms with Gasteiger partial charge in [0.1, 0.15) is 0 Å². The molecular formula is C18H25N3. The van der Waals surface area contributed by atoms with E-state index >= 15 is 0 Å². The minimum atomic E-state index is 0.665. The number of nitrogens with zero attached hydrogens (tertiary/aromatic N) is 2. The number of rotatable bonds is 5. The third-order valence-electron chi connectivity index (χ3n) is 4.39. The summed E-state index contributed by atoms with van der Waals surface area (Å²) in [5.74, 6) is 0. The van der Waals surface area contributed by atoms with Crippen LogP contribution in [0.1, 0.15) is 31.7 Å². The monoisotopic (exact) mass is 283 g/mol. The van der Waals surface area contributed by atoms with Gasteiger partial charge in [-0.05, 0) is 44.0 Å². The van der Waals surface area contributed by atoms with Crippen molar-refractivity contribution >= 4 is 10.9 Å². The van der Waals surface area contributed by atoms with Gasteiger partial charge in [-0.2, -0.15) is 0 Å². The molecule has 0 aliphatic carbocycles. The standard InChI is InChI=1S/C18H25N3/c1-2-12-21(17-9-5-10-19-13-17)14-16-7-3-6-15-8-4-11-20-18(15)16/h3-4,6-8,11,17,19H,2,5,9-10,12-14H2,1H3. The fourth-order valence-corrected chi connectivity index (χ4v) is 3.34. The second-order valence-electron chi connectivity index (χ2n) is 5.96. The third kappa shape index (κ3) is 3.42. The highest BCUT2D eigenvalue weighted by molar-refractivity contribution is 5.81. The molecule has 2 heterocycles. The molecule has 1 atom stereocenters. The van der Waals surface area contributed by atoms with Crippen LogP contribution in [-0.4, -0.2) is 35.6 Å². The summed E-state index contributed by atoms with van der Waals surface area (Å²) >= 11 is 0. The summed E-state index contributed by atoms with van der Waals surface area (Å²) in [6.45, 7) is 6.74. The Morgan fingerprint density at radius 3 is 3.00 bits per heavy atom. The molecule has 112 valence electrons. The molecule has 3 nitrogen and oxygen atoms in total. The van der Waals surface area contributed by atoms with E-state index in [2.05, 4.69) is 46.4 Å². The van der Waals surface area contributed by atoms with Crippen LogP contribution in [0.5, 0.6) is 0 Å². The van der Waals surface area contributed by atoms with Gasteiger partial charge in [0.05, 0.1) is 5.52 Å². The Balaban J connectivity index is 1.83. The first kappa shape index (κ1) is 14.5. The van der Waals surface area contributed by atoms with Crippen molar-refractivity contribution in [3.8, 4) is 0 Å². The normalized spacial score (nSPS) is 19.2. The lowest BCUT2D eigenvalue weighted by molar-refractivity contribution is 0.158. The van der Waals surface area contributed by atoms with Crippen molar-refractivity contribution in [3.05, 3.63) is 42.1 Å². The van der Waals surface area contributed by atoms with Crippen LogP contribution in [0.2, 0.25) is 0 Å². The molecule has 1 saturated heterocycles. The highest BCUT2D eigenvalue weighted by atomic mass is 15.2. The molecule has 3 heteroatoms. The molecule has 1 fully saturated rings. The summed E-state index contributed by atoms with van der Waals surface area (Å²) in [5.41, 5.74) is 2.51. The number of fused-ring (bicyclic) bond motifs is 1. The molecule has 0 spiro atoms. The highest BCUT2D eigenvalue weighted by Crippen LogP contribution is 2.20. The maximum Gasteiger partial charge on any atom is 0.0746 e. The number of benzene rings is 1. The Morgan fingerprint density at radius 2 is 2.19 bits per heavy atom. The molecular weight excluding hydrogens is 258 g/mol. The van der Waals surface area contributed by atoms with E-state index in [9.17, 15) is 0 Å². The molecule has 1 aliphatic rings. The molecule has 0 saturated carbocycles. The first-order valence-electron chi connectivity index (χ1n) is 8.16. The van der Waals surface area contributed by atoms with Crippen molar-refractivity contribution < 1.29 is 0 Å². The number of hydrogen-bond donors (Lipinski definition) is 1. The number of para-hydroxylation sites is 1. The lowest BCUT2D eigenvalue weighted by atomic mass is 10.0. The van der Waals surface area contributed by atoms with Crippen molar-refractivity contribution in [2.45, 2.75) is 38.8 Å². The molecule has 3 rings (SSSR count). The predicted octanol–water partition coefficient (Wildman–Crippen LogP) is 3.20. The Hall–Kier alpha value is -1.45. The fourth-order valence-electron chi connectivity index (χ4n) is 3.34. The van der Waals surface area contributed by atoms with Gasteiger partial charge >= 0.3 is 0 Å². The van der Waals surface area contributed by atoms with Crippen molar-refractivity contribution in [3.63, 3.8) is 0 Å². The predicted molar refractivity (Wildman–Crippen MR) is 88.3 cm³/mol. The maximum atomic E-state index is 4.60. The lowest BCUT2D eigenvalue weighted by Gasteiger charge is -2.34. The SMILES string of the molecule is CCCN(Cc1cccc2cccnc12)C1CCCNC1. The molecule has 0 bridgehead atoms. The molecule has 0 radical (unpaired) electrons. The van der Waals surface area contributed by atoms with E-state index in [-0.39, 0.29) is 0 Å². The summed E-state index contributed by atoms with van der Waals surface area (Å²) in [6.07, 6.45) is 5.71. The zero-order valence-electron chi connectivity index (χ0n) is 12.9. The maximum absolute atomic E-state index is 4.60. The van der Waals surface area contributed by atoms with Crippen LogP contribution in [0.15, 0.2) is 36.5 Å². The molecule has 0 amide bonds. The fraction of sp³-hybridized carbons (Fsp3) is 0.500. The van der Waals surface area contributed by atoms with Crippen molar-refractivity contribution in [2.24, 2.45) is 0 Å². The summed E-state index contributed by atoms with van der Waals surface area (Å²) in [5, 5.41) is 4.78. The number of pyridine rings is 1. The van der Waals surface area contributed by atoms with E-state index in [0.717, 1.165) is 25.2 Å².